The molecule has 162 valence electrons. The lowest BCUT2D eigenvalue weighted by atomic mass is 9.93. The monoisotopic (exact) mass is 412 g/mol. The van der Waals surface area contributed by atoms with Crippen LogP contribution in [0.3, 0.4) is 0 Å². The fourth-order valence-corrected chi connectivity index (χ4v) is 5.04. The Bertz CT molecular complexity index is 763. The smallest absolute Gasteiger partial charge is 0.242 e. The van der Waals surface area contributed by atoms with Gasteiger partial charge in [0, 0.05) is 57.0 Å². The Kier molecular flexibility index (Phi) is 6.65. The van der Waals surface area contributed by atoms with Gasteiger partial charge in [-0.15, -0.1) is 0 Å². The molecule has 0 bridgehead atoms. The van der Waals surface area contributed by atoms with E-state index in [4.69, 9.17) is 0 Å². The summed E-state index contributed by atoms with van der Waals surface area (Å²) >= 11 is 0. The Morgan fingerprint density at radius 2 is 1.87 bits per heavy atom. The maximum atomic E-state index is 13.1. The van der Waals surface area contributed by atoms with Gasteiger partial charge in [0.05, 0.1) is 12.5 Å². The second-order valence-corrected chi connectivity index (χ2v) is 8.79. The van der Waals surface area contributed by atoms with Gasteiger partial charge in [0.1, 0.15) is 0 Å². The van der Waals surface area contributed by atoms with E-state index in [0.717, 1.165) is 18.5 Å². The number of amides is 3. The van der Waals surface area contributed by atoms with Crippen molar-refractivity contribution >= 4 is 17.7 Å². The number of hydrogen-bond acceptors (Lipinski definition) is 4. The molecule has 0 aromatic carbocycles. The summed E-state index contributed by atoms with van der Waals surface area (Å²) in [5.41, 5.74) is 0.947. The standard InChI is InChI=1S/C23H32N4O3/c28-21-10-9-18(16-25(21)13-11-19-6-4-5-12-24-19)23(30)26-14-15-27(22(29)17-26)20-7-2-1-3-8-20/h4-6,12,18,20H,1-3,7-11,13-17H2/t18-/m0/s1. The number of piperidine rings is 1. The average Bonchev–Trinajstić information content (AvgIpc) is 2.79. The van der Waals surface area contributed by atoms with Crippen molar-refractivity contribution in [1.82, 2.24) is 19.7 Å². The summed E-state index contributed by atoms with van der Waals surface area (Å²) in [5.74, 6) is 0.0102. The third kappa shape index (κ3) is 4.82. The van der Waals surface area contributed by atoms with Crippen LogP contribution in [0.1, 0.15) is 50.6 Å². The average molecular weight is 413 g/mol. The highest BCUT2D eigenvalue weighted by Crippen LogP contribution is 2.25. The second kappa shape index (κ2) is 9.58. The van der Waals surface area contributed by atoms with E-state index in [1.807, 2.05) is 23.1 Å². The summed E-state index contributed by atoms with van der Waals surface area (Å²) in [6.07, 6.45) is 9.26. The van der Waals surface area contributed by atoms with E-state index in [9.17, 15) is 14.4 Å². The van der Waals surface area contributed by atoms with Gasteiger partial charge < -0.3 is 14.7 Å². The van der Waals surface area contributed by atoms with Crippen molar-refractivity contribution in [2.75, 3.05) is 32.7 Å². The van der Waals surface area contributed by atoms with Crippen LogP contribution in [0.4, 0.5) is 0 Å². The second-order valence-electron chi connectivity index (χ2n) is 8.79. The minimum atomic E-state index is -0.208. The summed E-state index contributed by atoms with van der Waals surface area (Å²) in [6, 6.07) is 6.13. The Hall–Kier alpha value is -2.44. The molecule has 30 heavy (non-hydrogen) atoms. The molecular formula is C23H32N4O3. The van der Waals surface area contributed by atoms with Gasteiger partial charge in [-0.05, 0) is 31.4 Å². The number of nitrogens with zero attached hydrogens (tertiary/aromatic N) is 4. The van der Waals surface area contributed by atoms with Crippen LogP contribution in [0.2, 0.25) is 0 Å². The van der Waals surface area contributed by atoms with E-state index >= 15 is 0 Å². The lowest BCUT2D eigenvalue weighted by molar-refractivity contribution is -0.152. The van der Waals surface area contributed by atoms with Crippen molar-refractivity contribution in [3.8, 4) is 0 Å². The highest BCUT2D eigenvalue weighted by molar-refractivity contribution is 5.88. The SMILES string of the molecule is O=C1CC[C@H](C(=O)N2CCN(C3CCCCC3)C(=O)C2)CN1CCc1ccccn1. The fourth-order valence-electron chi connectivity index (χ4n) is 5.04. The minimum Gasteiger partial charge on any atom is -0.342 e. The highest BCUT2D eigenvalue weighted by atomic mass is 16.2. The van der Waals surface area contributed by atoms with E-state index in [1.54, 1.807) is 16.0 Å². The predicted molar refractivity (Wildman–Crippen MR) is 112 cm³/mol. The number of pyridine rings is 1. The van der Waals surface area contributed by atoms with Gasteiger partial charge in [0.25, 0.3) is 0 Å². The van der Waals surface area contributed by atoms with Crippen LogP contribution in [-0.2, 0) is 20.8 Å². The molecule has 3 amide bonds. The lowest BCUT2D eigenvalue weighted by Crippen LogP contribution is -2.57. The Balaban J connectivity index is 1.30. The molecule has 3 fully saturated rings. The molecule has 2 saturated heterocycles. The summed E-state index contributed by atoms with van der Waals surface area (Å²) in [6.45, 7) is 2.47. The Morgan fingerprint density at radius 1 is 1.03 bits per heavy atom. The van der Waals surface area contributed by atoms with Gasteiger partial charge in [-0.25, -0.2) is 0 Å². The maximum Gasteiger partial charge on any atom is 0.242 e. The highest BCUT2D eigenvalue weighted by Gasteiger charge is 2.37. The molecule has 1 saturated carbocycles. The number of aromatic nitrogens is 1. The van der Waals surface area contributed by atoms with Crippen LogP contribution < -0.4 is 0 Å². The molecule has 1 atom stereocenters. The van der Waals surface area contributed by atoms with Crippen LogP contribution in [0.25, 0.3) is 0 Å². The molecule has 0 radical (unpaired) electrons. The van der Waals surface area contributed by atoms with Gasteiger partial charge in [0.15, 0.2) is 0 Å². The summed E-state index contributed by atoms with van der Waals surface area (Å²) in [4.78, 5) is 48.0. The number of carbonyl (C=O) groups excluding carboxylic acids is 3. The molecule has 2 aliphatic heterocycles. The molecule has 7 heteroatoms. The number of carbonyl (C=O) groups is 3. The summed E-state index contributed by atoms with van der Waals surface area (Å²) in [7, 11) is 0. The molecule has 4 rings (SSSR count). The molecule has 0 N–H and O–H groups in total. The van der Waals surface area contributed by atoms with Crippen LogP contribution in [-0.4, -0.2) is 76.2 Å². The topological polar surface area (TPSA) is 73.8 Å². The van der Waals surface area contributed by atoms with Gasteiger partial charge in [0.2, 0.25) is 17.7 Å². The Morgan fingerprint density at radius 3 is 2.60 bits per heavy atom. The first-order chi connectivity index (χ1) is 14.6. The first-order valence-electron chi connectivity index (χ1n) is 11.4. The number of piperazine rings is 1. The molecular weight excluding hydrogens is 380 g/mol. The van der Waals surface area contributed by atoms with Crippen LogP contribution in [0.15, 0.2) is 24.4 Å². The van der Waals surface area contributed by atoms with Crippen molar-refractivity contribution in [3.05, 3.63) is 30.1 Å². The summed E-state index contributed by atoms with van der Waals surface area (Å²) < 4.78 is 0. The zero-order valence-corrected chi connectivity index (χ0v) is 17.7. The largest absolute Gasteiger partial charge is 0.342 e. The molecule has 7 nitrogen and oxygen atoms in total. The van der Waals surface area contributed by atoms with Gasteiger partial charge in [-0.2, -0.15) is 0 Å². The van der Waals surface area contributed by atoms with Crippen molar-refractivity contribution in [1.29, 1.82) is 0 Å². The van der Waals surface area contributed by atoms with Crippen LogP contribution in [0, 0.1) is 5.92 Å². The lowest BCUT2D eigenvalue weighted by Gasteiger charge is -2.42. The van der Waals surface area contributed by atoms with Gasteiger partial charge >= 0.3 is 0 Å². The third-order valence-corrected chi connectivity index (χ3v) is 6.80. The van der Waals surface area contributed by atoms with Crippen molar-refractivity contribution in [2.24, 2.45) is 5.92 Å². The molecule has 0 unspecified atom stereocenters. The fraction of sp³-hybridized carbons (Fsp3) is 0.652. The zero-order valence-electron chi connectivity index (χ0n) is 17.7. The molecule has 1 aromatic rings. The van der Waals surface area contributed by atoms with E-state index in [-0.39, 0.29) is 30.2 Å². The maximum absolute atomic E-state index is 13.1. The third-order valence-electron chi connectivity index (χ3n) is 6.80. The number of likely N-dealkylation sites (tertiary alicyclic amines) is 1. The van der Waals surface area contributed by atoms with Crippen molar-refractivity contribution in [3.63, 3.8) is 0 Å². The predicted octanol–water partition coefficient (Wildman–Crippen LogP) is 1.87. The van der Waals surface area contributed by atoms with Crippen molar-refractivity contribution < 1.29 is 14.4 Å². The van der Waals surface area contributed by atoms with E-state index in [2.05, 4.69) is 4.98 Å². The van der Waals surface area contributed by atoms with E-state index in [1.165, 1.54) is 19.3 Å². The van der Waals surface area contributed by atoms with Crippen LogP contribution in [0.5, 0.6) is 0 Å². The summed E-state index contributed by atoms with van der Waals surface area (Å²) in [5, 5.41) is 0. The molecule has 3 aliphatic rings. The molecule has 1 aromatic heterocycles. The quantitative estimate of drug-likeness (QED) is 0.740. The zero-order chi connectivity index (χ0) is 20.9. The van der Waals surface area contributed by atoms with E-state index in [0.29, 0.717) is 51.5 Å². The molecule has 1 aliphatic carbocycles. The first-order valence-corrected chi connectivity index (χ1v) is 11.4. The van der Waals surface area contributed by atoms with Crippen LogP contribution >= 0.6 is 0 Å². The van der Waals surface area contributed by atoms with Gasteiger partial charge in [-0.3, -0.25) is 19.4 Å². The van der Waals surface area contributed by atoms with Crippen molar-refractivity contribution in [2.45, 2.75) is 57.4 Å². The first kappa shape index (κ1) is 20.8. The normalized spacial score (nSPS) is 23.7. The van der Waals surface area contributed by atoms with E-state index < -0.39 is 0 Å². The Labute approximate surface area is 178 Å². The number of hydrogen-bond donors (Lipinski definition) is 0. The number of rotatable bonds is 5. The molecule has 0 spiro atoms. The van der Waals surface area contributed by atoms with Gasteiger partial charge in [-0.1, -0.05) is 25.3 Å². The molecule has 3 heterocycles. The minimum absolute atomic E-state index is 0.0296.